The molecule has 0 aromatic rings. The summed E-state index contributed by atoms with van der Waals surface area (Å²) in [7, 11) is 2.82. The van der Waals surface area contributed by atoms with Gasteiger partial charge >= 0.3 is 14.1 Å². The number of rotatable bonds is 0. The van der Waals surface area contributed by atoms with Gasteiger partial charge in [-0.25, -0.2) is 4.79 Å². The largest absolute Gasteiger partial charge is 0.529 e. The monoisotopic (exact) mass is 85.1 g/mol. The minimum absolute atomic E-state index is 0.407. The highest BCUT2D eigenvalue weighted by Gasteiger charge is 1.84. The minimum atomic E-state index is -0.407. The van der Waals surface area contributed by atoms with E-state index in [1.54, 1.807) is 0 Å². The molecule has 3 nitrogen and oxygen atoms in total. The number of amides is 1. The molecule has 32 valence electrons. The molecule has 0 aliphatic heterocycles. The Morgan fingerprint density at radius 3 is 2.33 bits per heavy atom. The molecule has 0 aromatic heterocycles. The van der Waals surface area contributed by atoms with Gasteiger partial charge in [0.1, 0.15) is 0 Å². The van der Waals surface area contributed by atoms with Crippen LogP contribution >= 0.6 is 0 Å². The van der Waals surface area contributed by atoms with Crippen LogP contribution in [0.2, 0.25) is 0 Å². The van der Waals surface area contributed by atoms with Gasteiger partial charge in [-0.15, -0.1) is 0 Å². The molecular formula is CH5B2NO2. The van der Waals surface area contributed by atoms with E-state index in [4.69, 9.17) is 0 Å². The van der Waals surface area contributed by atoms with Gasteiger partial charge in [0.15, 0.2) is 0 Å². The van der Waals surface area contributed by atoms with Gasteiger partial charge in [0.25, 0.3) is 0 Å². The van der Waals surface area contributed by atoms with Crippen molar-refractivity contribution in [2.45, 2.75) is 0 Å². The average molecular weight is 84.7 g/mol. The fourth-order valence-corrected chi connectivity index (χ4v) is 0.102. The van der Waals surface area contributed by atoms with E-state index in [9.17, 15) is 4.79 Å². The Balaban J connectivity index is 2.99. The maximum Gasteiger partial charge on any atom is 0.376 e. The predicted molar refractivity (Wildman–Crippen MR) is 26.7 cm³/mol. The van der Waals surface area contributed by atoms with Crippen LogP contribution in [-0.4, -0.2) is 22.1 Å². The van der Waals surface area contributed by atoms with Gasteiger partial charge in [-0.3, -0.25) is 0 Å². The van der Waals surface area contributed by atoms with Crippen LogP contribution in [-0.2, 0) is 4.65 Å². The predicted octanol–water partition coefficient (Wildman–Crippen LogP) is -2.19. The van der Waals surface area contributed by atoms with Gasteiger partial charge in [0, 0.05) is 0 Å². The van der Waals surface area contributed by atoms with E-state index in [1.165, 1.54) is 16.0 Å². The minimum Gasteiger partial charge on any atom is -0.529 e. The smallest absolute Gasteiger partial charge is 0.376 e. The van der Waals surface area contributed by atoms with Crippen LogP contribution in [0.25, 0.3) is 0 Å². The summed E-state index contributed by atoms with van der Waals surface area (Å²) >= 11 is 0. The van der Waals surface area contributed by atoms with E-state index in [0.717, 1.165) is 0 Å². The Labute approximate surface area is 37.9 Å². The van der Waals surface area contributed by atoms with E-state index < -0.39 is 6.09 Å². The van der Waals surface area contributed by atoms with Crippen molar-refractivity contribution in [3.63, 3.8) is 0 Å². The van der Waals surface area contributed by atoms with Crippen LogP contribution < -0.4 is 5.23 Å². The molecule has 0 rings (SSSR count). The molecule has 6 heavy (non-hydrogen) atoms. The summed E-state index contributed by atoms with van der Waals surface area (Å²) in [4.78, 5) is 9.85. The van der Waals surface area contributed by atoms with Gasteiger partial charge < -0.3 is 9.88 Å². The van der Waals surface area contributed by atoms with Crippen LogP contribution in [0.5, 0.6) is 0 Å². The second kappa shape index (κ2) is 2.63. The number of hydrogen-bond acceptors (Lipinski definition) is 2. The van der Waals surface area contributed by atoms with Gasteiger partial charge in [0.05, 0.1) is 0 Å². The van der Waals surface area contributed by atoms with Gasteiger partial charge in [-0.2, -0.15) is 0 Å². The first-order valence-corrected chi connectivity index (χ1v) is 1.57. The molecule has 0 saturated heterocycles. The zero-order valence-electron chi connectivity index (χ0n) is 3.82. The summed E-state index contributed by atoms with van der Waals surface area (Å²) in [5.41, 5.74) is 0. The number of nitrogens with one attached hydrogen (secondary N) is 1. The first-order chi connectivity index (χ1) is 2.81. The Morgan fingerprint density at radius 2 is 2.33 bits per heavy atom. The Kier molecular flexibility index (Phi) is 2.36. The van der Waals surface area contributed by atoms with Crippen LogP contribution in [0.3, 0.4) is 0 Å². The molecule has 5 heteroatoms. The SMILES string of the molecule is BNC(=O)OB. The van der Waals surface area contributed by atoms with Crippen LogP contribution in [0.15, 0.2) is 0 Å². The molecule has 0 saturated carbocycles. The quantitative estimate of drug-likeness (QED) is 0.339. The van der Waals surface area contributed by atoms with Crippen molar-refractivity contribution in [3.8, 4) is 0 Å². The highest BCUT2D eigenvalue weighted by Crippen LogP contribution is 1.60. The molecule has 0 aromatic carbocycles. The Morgan fingerprint density at radius 1 is 1.83 bits per heavy atom. The normalized spacial score (nSPS) is 6.67. The molecule has 1 amide bonds. The van der Waals surface area contributed by atoms with Gasteiger partial charge in [0.2, 0.25) is 7.98 Å². The lowest BCUT2D eigenvalue weighted by molar-refractivity contribution is 0.211. The Bertz CT molecular complexity index is 49.5. The second-order valence-corrected chi connectivity index (χ2v) is 0.742. The average Bonchev–Trinajstić information content (AvgIpc) is 1.65. The molecule has 0 aliphatic rings. The van der Waals surface area contributed by atoms with Crippen molar-refractivity contribution >= 4 is 22.1 Å². The molecule has 0 unspecified atom stereocenters. The van der Waals surface area contributed by atoms with Crippen LogP contribution in [0.1, 0.15) is 0 Å². The topological polar surface area (TPSA) is 38.3 Å². The molecular weight excluding hydrogens is 79.6 g/mol. The molecule has 0 bridgehead atoms. The second-order valence-electron chi connectivity index (χ2n) is 0.742. The molecule has 0 atom stereocenters. The number of carbonyl (C=O) groups is 1. The van der Waals surface area contributed by atoms with E-state index in [0.29, 0.717) is 0 Å². The van der Waals surface area contributed by atoms with Crippen molar-refractivity contribution in [3.05, 3.63) is 0 Å². The fourth-order valence-electron chi connectivity index (χ4n) is 0.102. The van der Waals surface area contributed by atoms with Gasteiger partial charge in [-0.05, 0) is 0 Å². The maximum atomic E-state index is 9.85. The van der Waals surface area contributed by atoms with Crippen LogP contribution in [0, 0.1) is 0 Å². The molecule has 0 radical (unpaired) electrons. The first-order valence-electron chi connectivity index (χ1n) is 1.57. The molecule has 0 aliphatic carbocycles. The van der Waals surface area contributed by atoms with Crippen molar-refractivity contribution in [2.75, 3.05) is 0 Å². The van der Waals surface area contributed by atoms with Gasteiger partial charge in [-0.1, -0.05) is 0 Å². The molecule has 1 N–H and O–H groups in total. The van der Waals surface area contributed by atoms with Crippen molar-refractivity contribution < 1.29 is 9.45 Å². The van der Waals surface area contributed by atoms with E-state index in [2.05, 4.69) is 9.88 Å². The lowest BCUT2D eigenvalue weighted by Gasteiger charge is -1.91. The van der Waals surface area contributed by atoms with Crippen molar-refractivity contribution in [2.24, 2.45) is 0 Å². The Hall–Kier alpha value is -0.600. The summed E-state index contributed by atoms with van der Waals surface area (Å²) in [6, 6.07) is 0. The zero-order chi connectivity index (χ0) is 4.99. The third-order valence-electron chi connectivity index (χ3n) is 0.390. The third kappa shape index (κ3) is 1.69. The summed E-state index contributed by atoms with van der Waals surface area (Å²) < 4.78 is 4.15. The summed E-state index contributed by atoms with van der Waals surface area (Å²) in [5.74, 6) is 0. The lowest BCUT2D eigenvalue weighted by atomic mass is 10.4. The molecule has 0 fully saturated rings. The lowest BCUT2D eigenvalue weighted by Crippen LogP contribution is -2.19. The molecule has 0 spiro atoms. The summed E-state index contributed by atoms with van der Waals surface area (Å²) in [6.45, 7) is 0. The third-order valence-corrected chi connectivity index (χ3v) is 0.390. The summed E-state index contributed by atoms with van der Waals surface area (Å²) in [5, 5.41) is 2.25. The maximum absolute atomic E-state index is 9.85. The van der Waals surface area contributed by atoms with Crippen molar-refractivity contribution in [1.82, 2.24) is 5.23 Å². The molecule has 0 heterocycles. The highest BCUT2D eigenvalue weighted by atomic mass is 16.5. The first kappa shape index (κ1) is 5.40. The van der Waals surface area contributed by atoms with E-state index in [-0.39, 0.29) is 0 Å². The highest BCUT2D eigenvalue weighted by molar-refractivity contribution is 6.16. The van der Waals surface area contributed by atoms with E-state index >= 15 is 0 Å². The fraction of sp³-hybridized carbons (Fsp3) is 0. The summed E-state index contributed by atoms with van der Waals surface area (Å²) in [6.07, 6.45) is -0.407. The number of carbonyl (C=O) groups excluding carboxylic acids is 1. The standard InChI is InChI=1S/CH5B2NO2/c2-4-1(5)6-3/h2-3H2,(H,4,5). The van der Waals surface area contributed by atoms with E-state index in [1.807, 2.05) is 0 Å². The van der Waals surface area contributed by atoms with Crippen molar-refractivity contribution in [1.29, 1.82) is 0 Å². The number of hydrogen-bond donors (Lipinski definition) is 1. The van der Waals surface area contributed by atoms with Crippen LogP contribution in [0.4, 0.5) is 4.79 Å². The zero-order valence-corrected chi connectivity index (χ0v) is 3.82.